The van der Waals surface area contributed by atoms with Crippen LogP contribution in [-0.4, -0.2) is 24.5 Å². The van der Waals surface area contributed by atoms with Gasteiger partial charge in [0.1, 0.15) is 0 Å². The van der Waals surface area contributed by atoms with E-state index >= 15 is 0 Å². The van der Waals surface area contributed by atoms with Crippen molar-refractivity contribution in [2.75, 3.05) is 6.61 Å². The number of hydrogen-bond donors (Lipinski definition) is 2. The average Bonchev–Trinajstić information content (AvgIpc) is 2.91. The van der Waals surface area contributed by atoms with Gasteiger partial charge < -0.3 is 9.47 Å². The van der Waals surface area contributed by atoms with Gasteiger partial charge >= 0.3 is 5.91 Å². The molecular weight excluding hydrogens is 360 g/mol. The molecule has 0 unspecified atom stereocenters. The van der Waals surface area contributed by atoms with Crippen molar-refractivity contribution in [3.8, 4) is 12.1 Å². The van der Waals surface area contributed by atoms with Gasteiger partial charge in [-0.2, -0.15) is 10.5 Å². The van der Waals surface area contributed by atoms with Crippen LogP contribution in [0.5, 0.6) is 0 Å². The van der Waals surface area contributed by atoms with Crippen molar-refractivity contribution in [2.45, 2.75) is 24.9 Å². The lowest BCUT2D eigenvalue weighted by Gasteiger charge is -2.24. The SMILES string of the molecule is C[C@@H]1CO[C@]2([NH+]=C(N)[C@@]3(C#N)[C@@H](c4ccccc4Br)[C@@]23C#N)O1. The minimum Gasteiger partial charge on any atom is -0.311 e. The van der Waals surface area contributed by atoms with Crippen LogP contribution in [-0.2, 0) is 9.47 Å². The predicted octanol–water partition coefficient (Wildman–Crippen LogP) is 0.107. The highest BCUT2D eigenvalue weighted by Crippen LogP contribution is 2.79. The van der Waals surface area contributed by atoms with Crippen molar-refractivity contribution < 1.29 is 14.5 Å². The third-order valence-electron chi connectivity index (χ3n) is 5.11. The van der Waals surface area contributed by atoms with Crippen molar-refractivity contribution in [3.63, 3.8) is 0 Å². The summed E-state index contributed by atoms with van der Waals surface area (Å²) in [6.07, 6.45) is -0.185. The van der Waals surface area contributed by atoms with E-state index in [-0.39, 0.29) is 11.9 Å². The largest absolute Gasteiger partial charge is 0.343 e. The molecular formula is C16H14BrN4O2+. The molecule has 4 rings (SSSR count). The second-order valence-electron chi connectivity index (χ2n) is 6.19. The molecule has 1 saturated carbocycles. The molecule has 2 heterocycles. The molecule has 1 saturated heterocycles. The lowest BCUT2D eigenvalue weighted by molar-refractivity contribution is -0.677. The number of benzene rings is 1. The quantitative estimate of drug-likeness (QED) is 0.726. The van der Waals surface area contributed by atoms with Gasteiger partial charge in [-0.1, -0.05) is 34.1 Å². The van der Waals surface area contributed by atoms with Gasteiger partial charge in [-0.3, -0.25) is 5.73 Å². The maximum absolute atomic E-state index is 10.0. The number of nitriles is 2. The Balaban J connectivity index is 1.95. The Morgan fingerprint density at radius 2 is 2.09 bits per heavy atom. The van der Waals surface area contributed by atoms with Crippen molar-refractivity contribution in [2.24, 2.45) is 16.6 Å². The molecule has 6 nitrogen and oxygen atoms in total. The minimum absolute atomic E-state index is 0.185. The zero-order valence-electron chi connectivity index (χ0n) is 12.3. The summed E-state index contributed by atoms with van der Waals surface area (Å²) in [5.41, 5.74) is 4.63. The molecule has 5 atom stereocenters. The first-order valence-corrected chi connectivity index (χ1v) is 8.08. The molecule has 0 amide bonds. The van der Waals surface area contributed by atoms with Crippen molar-refractivity contribution >= 4 is 21.8 Å². The maximum Gasteiger partial charge on any atom is 0.343 e. The molecule has 0 radical (unpaired) electrons. The number of nitrogens with two attached hydrogens (primary N) is 1. The molecule has 1 spiro atoms. The second kappa shape index (κ2) is 4.33. The van der Waals surface area contributed by atoms with Crippen LogP contribution in [0, 0.1) is 33.5 Å². The van der Waals surface area contributed by atoms with Gasteiger partial charge in [0.05, 0.1) is 24.8 Å². The zero-order valence-corrected chi connectivity index (χ0v) is 13.9. The summed E-state index contributed by atoms with van der Waals surface area (Å²) in [5, 5.41) is 19.9. The van der Waals surface area contributed by atoms with Crippen molar-refractivity contribution in [1.82, 2.24) is 0 Å². The van der Waals surface area contributed by atoms with Gasteiger partial charge in [0.25, 0.3) is 5.84 Å². The fourth-order valence-corrected chi connectivity index (χ4v) is 4.65. The van der Waals surface area contributed by atoms with E-state index < -0.39 is 22.7 Å². The first kappa shape index (κ1) is 14.6. The Morgan fingerprint density at radius 3 is 2.65 bits per heavy atom. The van der Waals surface area contributed by atoms with Crippen molar-refractivity contribution in [1.29, 1.82) is 10.5 Å². The Labute approximate surface area is 141 Å². The van der Waals surface area contributed by atoms with Crippen LogP contribution in [0.1, 0.15) is 18.4 Å². The molecule has 0 aromatic heterocycles. The van der Waals surface area contributed by atoms with Gasteiger partial charge in [-0.05, 0) is 18.6 Å². The van der Waals surface area contributed by atoms with E-state index in [2.05, 4.69) is 33.1 Å². The van der Waals surface area contributed by atoms with Gasteiger partial charge in [0, 0.05) is 10.4 Å². The lowest BCUT2D eigenvalue weighted by atomic mass is 9.94. The van der Waals surface area contributed by atoms with Crippen LogP contribution in [0.25, 0.3) is 0 Å². The first-order valence-electron chi connectivity index (χ1n) is 7.29. The van der Waals surface area contributed by atoms with Gasteiger partial charge in [0.2, 0.25) is 0 Å². The Kier molecular flexibility index (Phi) is 2.76. The summed E-state index contributed by atoms with van der Waals surface area (Å²) < 4.78 is 12.6. The number of nitrogens with one attached hydrogen (secondary N) is 1. The highest BCUT2D eigenvalue weighted by molar-refractivity contribution is 9.10. The molecule has 116 valence electrons. The standard InChI is InChI=1S/C16H13BrN4O2/c1-9-6-22-16(23-9)15(8-19)12(10-4-2-3-5-11(10)17)14(15,7-18)13(20)21-16/h2-5,9,12H,6H2,1H3,(H2,20,21)/p+1/t9-,12-,14-,15-,16+/m1/s1. The molecule has 1 aromatic carbocycles. The van der Waals surface area contributed by atoms with Crippen LogP contribution in [0.15, 0.2) is 28.7 Å². The highest BCUT2D eigenvalue weighted by atomic mass is 79.9. The van der Waals surface area contributed by atoms with Gasteiger partial charge in [0.15, 0.2) is 10.8 Å². The summed E-state index contributed by atoms with van der Waals surface area (Å²) in [4.78, 5) is 2.95. The van der Waals surface area contributed by atoms with E-state index in [9.17, 15) is 10.5 Å². The van der Waals surface area contributed by atoms with Crippen LogP contribution in [0.4, 0.5) is 0 Å². The van der Waals surface area contributed by atoms with E-state index in [1.165, 1.54) is 0 Å². The zero-order chi connectivity index (χ0) is 16.5. The number of ether oxygens (including phenoxy) is 2. The Hall–Kier alpha value is -1.93. The van der Waals surface area contributed by atoms with Crippen LogP contribution in [0.2, 0.25) is 0 Å². The molecule has 3 N–H and O–H groups in total. The van der Waals surface area contributed by atoms with E-state index in [1.807, 2.05) is 31.2 Å². The molecule has 0 bridgehead atoms. The summed E-state index contributed by atoms with van der Waals surface area (Å²) in [6, 6.07) is 12.1. The van der Waals surface area contributed by atoms with Crippen LogP contribution in [0.3, 0.4) is 0 Å². The summed E-state index contributed by atoms with van der Waals surface area (Å²) in [5.74, 6) is -1.57. The van der Waals surface area contributed by atoms with Crippen molar-refractivity contribution in [3.05, 3.63) is 34.3 Å². The number of nitrogens with zero attached hydrogens (tertiary/aromatic N) is 2. The molecule has 2 fully saturated rings. The van der Waals surface area contributed by atoms with E-state index in [0.29, 0.717) is 6.61 Å². The minimum atomic E-state index is -1.37. The number of fused-ring (bicyclic) bond motifs is 2. The smallest absolute Gasteiger partial charge is 0.311 e. The predicted molar refractivity (Wildman–Crippen MR) is 82.4 cm³/mol. The molecule has 1 aliphatic carbocycles. The van der Waals surface area contributed by atoms with Gasteiger partial charge in [-0.15, -0.1) is 0 Å². The number of rotatable bonds is 1. The molecule has 7 heteroatoms. The molecule has 3 aliphatic rings. The lowest BCUT2D eigenvalue weighted by Crippen LogP contribution is -2.90. The first-order chi connectivity index (χ1) is 11.0. The summed E-state index contributed by atoms with van der Waals surface area (Å²) >= 11 is 3.51. The van der Waals surface area contributed by atoms with E-state index in [4.69, 9.17) is 15.2 Å². The average molecular weight is 374 g/mol. The summed E-state index contributed by atoms with van der Waals surface area (Å²) in [6.45, 7) is 2.20. The highest BCUT2D eigenvalue weighted by Gasteiger charge is 2.98. The number of halogens is 1. The van der Waals surface area contributed by atoms with E-state index in [0.717, 1.165) is 10.0 Å². The molecule has 23 heavy (non-hydrogen) atoms. The fraction of sp³-hybridized carbons (Fsp3) is 0.438. The Morgan fingerprint density at radius 1 is 1.35 bits per heavy atom. The van der Waals surface area contributed by atoms with Crippen LogP contribution < -0.4 is 10.7 Å². The topological polar surface area (TPSA) is 106 Å². The Bertz CT molecular complexity index is 828. The number of amidine groups is 1. The van der Waals surface area contributed by atoms with E-state index in [1.54, 1.807) is 0 Å². The molecule has 2 aliphatic heterocycles. The van der Waals surface area contributed by atoms with Crippen LogP contribution >= 0.6 is 15.9 Å². The monoisotopic (exact) mass is 373 g/mol. The third-order valence-corrected chi connectivity index (χ3v) is 5.83. The number of hydrogen-bond acceptors (Lipinski definition) is 5. The maximum atomic E-state index is 10.0. The van der Waals surface area contributed by atoms with Gasteiger partial charge in [-0.25, -0.2) is 4.99 Å². The normalized spacial score (nSPS) is 43.6. The molecule has 1 aromatic rings. The fourth-order valence-electron chi connectivity index (χ4n) is 4.14. The second-order valence-corrected chi connectivity index (χ2v) is 7.04. The third kappa shape index (κ3) is 1.37. The summed E-state index contributed by atoms with van der Waals surface area (Å²) in [7, 11) is 0.